The van der Waals surface area contributed by atoms with Gasteiger partial charge in [-0.2, -0.15) is 0 Å². The van der Waals surface area contributed by atoms with Crippen molar-refractivity contribution in [2.24, 2.45) is 0 Å². The first-order valence-electron chi connectivity index (χ1n) is 3.61. The number of hydrogen-bond acceptors (Lipinski definition) is 2. The largest absolute Gasteiger partial charge is 0.316 e. The Bertz CT molecular complexity index is 62.3. The highest BCUT2D eigenvalue weighted by atomic mass is 14.8. The highest BCUT2D eigenvalue weighted by Gasteiger charge is 1.79. The summed E-state index contributed by atoms with van der Waals surface area (Å²) in [5.74, 6) is 0. The van der Waals surface area contributed by atoms with Crippen molar-refractivity contribution in [2.45, 2.75) is 19.8 Å². The van der Waals surface area contributed by atoms with Crippen molar-refractivity contribution in [2.75, 3.05) is 13.1 Å². The van der Waals surface area contributed by atoms with Crippen LogP contribution in [0.15, 0.2) is 13.2 Å². The van der Waals surface area contributed by atoms with Gasteiger partial charge < -0.3 is 10.7 Å². The van der Waals surface area contributed by atoms with E-state index in [2.05, 4.69) is 25.4 Å². The highest BCUT2D eigenvalue weighted by molar-refractivity contribution is 5.52. The van der Waals surface area contributed by atoms with E-state index in [0.29, 0.717) is 0 Å². The molecule has 2 heteroatoms. The lowest BCUT2D eigenvalue weighted by Gasteiger charge is -1.96. The average molecular weight is 142 g/mol. The topological polar surface area (TPSA) is 35.9 Å². The zero-order chi connectivity index (χ0) is 8.24. The molecule has 0 bridgehead atoms. The quantitative estimate of drug-likeness (QED) is 0.343. The van der Waals surface area contributed by atoms with Crippen LogP contribution in [0.5, 0.6) is 0 Å². The van der Waals surface area contributed by atoms with Crippen molar-refractivity contribution in [3.05, 3.63) is 13.2 Å². The molecule has 0 saturated carbocycles. The molecule has 0 spiro atoms. The smallest absolute Gasteiger partial charge is 0.0000487 e. The Morgan fingerprint density at radius 2 is 2.00 bits per heavy atom. The lowest BCUT2D eigenvalue weighted by atomic mass is 10.4. The summed E-state index contributed by atoms with van der Waals surface area (Å²) < 4.78 is 0. The zero-order valence-electron chi connectivity index (χ0n) is 6.82. The van der Waals surface area contributed by atoms with Crippen LogP contribution < -0.4 is 5.32 Å². The molecule has 0 saturated heterocycles. The molecule has 0 rings (SSSR count). The fraction of sp³-hybridized carbons (Fsp3) is 0.625. The molecule has 0 amide bonds. The molecule has 2 N–H and O–H groups in total. The zero-order valence-corrected chi connectivity index (χ0v) is 6.82. The van der Waals surface area contributed by atoms with E-state index >= 15 is 0 Å². The number of hydrogen-bond donors (Lipinski definition) is 2. The first kappa shape index (κ1) is 12.1. The molecule has 0 aromatic rings. The van der Waals surface area contributed by atoms with Crippen molar-refractivity contribution >= 4 is 6.21 Å². The second kappa shape index (κ2) is 15.8. The minimum Gasteiger partial charge on any atom is -0.316 e. The molecule has 0 unspecified atom stereocenters. The minimum atomic E-state index is 0.861. The molecule has 0 atom stereocenters. The summed E-state index contributed by atoms with van der Waals surface area (Å²) in [6.07, 6.45) is 3.47. The predicted octanol–water partition coefficient (Wildman–Crippen LogP) is 1.83. The van der Waals surface area contributed by atoms with Gasteiger partial charge in [-0.25, -0.2) is 0 Å². The molecule has 0 aliphatic rings. The highest BCUT2D eigenvalue weighted by Crippen LogP contribution is 1.70. The summed E-state index contributed by atoms with van der Waals surface area (Å²) >= 11 is 0. The molecule has 0 aliphatic carbocycles. The Balaban J connectivity index is 0. The Morgan fingerprint density at radius 3 is 2.40 bits per heavy atom. The van der Waals surface area contributed by atoms with E-state index in [-0.39, 0.29) is 0 Å². The first-order valence-corrected chi connectivity index (χ1v) is 3.61. The lowest BCUT2D eigenvalue weighted by Crippen LogP contribution is -2.15. The molecule has 2 nitrogen and oxygen atoms in total. The third-order valence-electron chi connectivity index (χ3n) is 0.892. The maximum absolute atomic E-state index is 6.67. The second-order valence-corrected chi connectivity index (χ2v) is 1.74. The molecule has 0 radical (unpaired) electrons. The summed E-state index contributed by atoms with van der Waals surface area (Å²) in [7, 11) is 0. The van der Waals surface area contributed by atoms with E-state index in [4.69, 9.17) is 5.41 Å². The molecule has 10 heavy (non-hydrogen) atoms. The summed E-state index contributed by atoms with van der Waals surface area (Å²) in [4.78, 5) is 0. The number of rotatable bonds is 5. The molecular formula is C8H18N2. The van der Waals surface area contributed by atoms with Crippen molar-refractivity contribution in [1.82, 2.24) is 5.32 Å². The molecular weight excluding hydrogens is 124 g/mol. The Hall–Kier alpha value is -0.630. The Morgan fingerprint density at radius 1 is 1.40 bits per heavy atom. The van der Waals surface area contributed by atoms with Crippen LogP contribution in [0.2, 0.25) is 0 Å². The van der Waals surface area contributed by atoms with Crippen molar-refractivity contribution < 1.29 is 0 Å². The van der Waals surface area contributed by atoms with Crippen LogP contribution in [-0.4, -0.2) is 19.3 Å². The van der Waals surface area contributed by atoms with Gasteiger partial charge in [-0.1, -0.05) is 6.92 Å². The molecule has 0 aliphatic heterocycles. The van der Waals surface area contributed by atoms with Crippen molar-refractivity contribution in [3.8, 4) is 0 Å². The van der Waals surface area contributed by atoms with Gasteiger partial charge in [-0.05, 0) is 25.6 Å². The van der Waals surface area contributed by atoms with Crippen molar-refractivity contribution in [1.29, 1.82) is 5.41 Å². The van der Waals surface area contributed by atoms with E-state index in [9.17, 15) is 0 Å². The van der Waals surface area contributed by atoms with Crippen LogP contribution >= 0.6 is 0 Å². The second-order valence-electron chi connectivity index (χ2n) is 1.74. The normalized spacial score (nSPS) is 7.70. The van der Waals surface area contributed by atoms with Crippen LogP contribution in [0.4, 0.5) is 0 Å². The van der Waals surface area contributed by atoms with Gasteiger partial charge in [0.15, 0.2) is 0 Å². The monoisotopic (exact) mass is 142 g/mol. The van der Waals surface area contributed by atoms with Crippen molar-refractivity contribution in [3.63, 3.8) is 0 Å². The average Bonchev–Trinajstić information content (AvgIpc) is 2.02. The molecule has 0 heterocycles. The fourth-order valence-electron chi connectivity index (χ4n) is 0.476. The van der Waals surface area contributed by atoms with E-state index < -0.39 is 0 Å². The SMILES string of the molecule is C=C.CCCNCCC=N. The maximum Gasteiger partial charge on any atom is 0.0000487 e. The van der Waals surface area contributed by atoms with Gasteiger partial charge >= 0.3 is 0 Å². The molecule has 0 aromatic heterocycles. The number of nitrogens with one attached hydrogen (secondary N) is 2. The molecule has 0 aromatic carbocycles. The molecule has 60 valence electrons. The van der Waals surface area contributed by atoms with E-state index in [1.807, 2.05) is 0 Å². The van der Waals surface area contributed by atoms with Gasteiger partial charge in [0, 0.05) is 6.54 Å². The van der Waals surface area contributed by atoms with Gasteiger partial charge in [0.2, 0.25) is 0 Å². The van der Waals surface area contributed by atoms with Crippen LogP contribution in [-0.2, 0) is 0 Å². The predicted molar refractivity (Wildman–Crippen MR) is 47.8 cm³/mol. The first-order chi connectivity index (χ1) is 4.91. The van der Waals surface area contributed by atoms with Crippen LogP contribution in [0.25, 0.3) is 0 Å². The van der Waals surface area contributed by atoms with Gasteiger partial charge in [0.25, 0.3) is 0 Å². The standard InChI is InChI=1S/C6H14N2.C2H4/c1-2-5-8-6-3-4-7;1-2/h4,7-8H,2-3,5-6H2,1H3;1-2H2. The summed E-state index contributed by atoms with van der Waals surface area (Å²) in [6, 6.07) is 0. The molecule has 0 fully saturated rings. The summed E-state index contributed by atoms with van der Waals surface area (Å²) in [5, 5.41) is 9.86. The lowest BCUT2D eigenvalue weighted by molar-refractivity contribution is 0.688. The van der Waals surface area contributed by atoms with Crippen LogP contribution in [0.1, 0.15) is 19.8 Å². The third-order valence-corrected chi connectivity index (χ3v) is 0.892. The van der Waals surface area contributed by atoms with Gasteiger partial charge in [-0.3, -0.25) is 0 Å². The van der Waals surface area contributed by atoms with E-state index in [1.54, 1.807) is 0 Å². The third kappa shape index (κ3) is 15.7. The van der Waals surface area contributed by atoms with Crippen LogP contribution in [0.3, 0.4) is 0 Å². The van der Waals surface area contributed by atoms with E-state index in [0.717, 1.165) is 19.5 Å². The van der Waals surface area contributed by atoms with Gasteiger partial charge in [-0.15, -0.1) is 13.2 Å². The minimum absolute atomic E-state index is 0.861. The summed E-state index contributed by atoms with van der Waals surface area (Å²) in [6.45, 7) is 10.2. The Kier molecular flexibility index (Phi) is 19.1. The maximum atomic E-state index is 6.67. The fourth-order valence-corrected chi connectivity index (χ4v) is 0.476. The van der Waals surface area contributed by atoms with E-state index in [1.165, 1.54) is 12.6 Å². The van der Waals surface area contributed by atoms with Gasteiger partial charge in [0.05, 0.1) is 0 Å². The Labute approximate surface area is 63.8 Å². The van der Waals surface area contributed by atoms with Gasteiger partial charge in [0.1, 0.15) is 0 Å². The van der Waals surface area contributed by atoms with Crippen LogP contribution in [0, 0.1) is 5.41 Å². The summed E-state index contributed by atoms with van der Waals surface area (Å²) in [5.41, 5.74) is 0.